The van der Waals surface area contributed by atoms with E-state index < -0.39 is 0 Å². The summed E-state index contributed by atoms with van der Waals surface area (Å²) in [6, 6.07) is 4.59. The molecule has 2 aromatic rings. The first kappa shape index (κ1) is 10.1. The molecule has 4 heteroatoms. The molecule has 3 rings (SSSR count). The number of nitrogens with one attached hydrogen (secondary N) is 1. The summed E-state index contributed by atoms with van der Waals surface area (Å²) in [6.07, 6.45) is 3.06. The topological polar surface area (TPSA) is 29.9 Å². The lowest BCUT2D eigenvalue weighted by Crippen LogP contribution is -2.31. The molecule has 0 radical (unpaired) electrons. The van der Waals surface area contributed by atoms with Crippen molar-refractivity contribution in [1.82, 2.24) is 14.9 Å². The zero-order valence-corrected chi connectivity index (χ0v) is 10.1. The maximum Gasteiger partial charge on any atom is 0.0952 e. The average Bonchev–Trinajstić information content (AvgIpc) is 2.97. The number of hydrogen-bond acceptors (Lipinski definition) is 3. The Bertz CT molecular complexity index is 472. The molecule has 1 N–H and O–H groups in total. The number of rotatable bonds is 2. The summed E-state index contributed by atoms with van der Waals surface area (Å²) in [6.45, 7) is 4.23. The van der Waals surface area contributed by atoms with Gasteiger partial charge in [0, 0.05) is 30.1 Å². The Morgan fingerprint density at radius 2 is 2.56 bits per heavy atom. The minimum Gasteiger partial charge on any atom is -0.334 e. The van der Waals surface area contributed by atoms with Crippen LogP contribution in [0.4, 0.5) is 0 Å². The van der Waals surface area contributed by atoms with Crippen molar-refractivity contribution < 1.29 is 0 Å². The SMILES string of the molecule is CCn1cnc2c1CCNC2c1cccs1. The van der Waals surface area contributed by atoms with Gasteiger partial charge in [0.05, 0.1) is 18.1 Å². The maximum atomic E-state index is 4.57. The summed E-state index contributed by atoms with van der Waals surface area (Å²) in [4.78, 5) is 5.94. The number of thiophene rings is 1. The second-order valence-electron chi connectivity index (χ2n) is 4.02. The summed E-state index contributed by atoms with van der Waals surface area (Å²) in [5, 5.41) is 5.68. The van der Waals surface area contributed by atoms with Crippen LogP contribution < -0.4 is 5.32 Å². The summed E-state index contributed by atoms with van der Waals surface area (Å²) in [5.74, 6) is 0. The molecular weight excluding hydrogens is 218 g/mol. The van der Waals surface area contributed by atoms with E-state index in [0.717, 1.165) is 19.5 Å². The van der Waals surface area contributed by atoms with E-state index in [1.807, 2.05) is 6.33 Å². The number of aryl methyl sites for hydroxylation is 1. The quantitative estimate of drug-likeness (QED) is 0.862. The smallest absolute Gasteiger partial charge is 0.0952 e. The Balaban J connectivity index is 2.04. The van der Waals surface area contributed by atoms with E-state index in [-0.39, 0.29) is 0 Å². The molecule has 0 bridgehead atoms. The number of aromatic nitrogens is 2. The van der Waals surface area contributed by atoms with Gasteiger partial charge in [-0.3, -0.25) is 0 Å². The lowest BCUT2D eigenvalue weighted by molar-refractivity contribution is 0.543. The lowest BCUT2D eigenvalue weighted by Gasteiger charge is -2.23. The van der Waals surface area contributed by atoms with Crippen molar-refractivity contribution in [2.24, 2.45) is 0 Å². The third kappa shape index (κ3) is 1.49. The van der Waals surface area contributed by atoms with Gasteiger partial charge in [-0.1, -0.05) is 6.07 Å². The highest BCUT2D eigenvalue weighted by atomic mass is 32.1. The summed E-state index contributed by atoms with van der Waals surface area (Å²) < 4.78 is 2.26. The number of hydrogen-bond donors (Lipinski definition) is 1. The van der Waals surface area contributed by atoms with E-state index >= 15 is 0 Å². The van der Waals surface area contributed by atoms with E-state index in [1.165, 1.54) is 16.3 Å². The molecule has 1 aliphatic rings. The Hall–Kier alpha value is -1.13. The van der Waals surface area contributed by atoms with Crippen molar-refractivity contribution >= 4 is 11.3 Å². The predicted molar refractivity (Wildman–Crippen MR) is 65.8 cm³/mol. The molecule has 1 unspecified atom stereocenters. The van der Waals surface area contributed by atoms with Gasteiger partial charge in [-0.15, -0.1) is 11.3 Å². The van der Waals surface area contributed by atoms with Crippen LogP contribution in [0.5, 0.6) is 0 Å². The fourth-order valence-electron chi connectivity index (χ4n) is 2.33. The Morgan fingerprint density at radius 1 is 1.62 bits per heavy atom. The molecule has 3 nitrogen and oxygen atoms in total. The predicted octanol–water partition coefficient (Wildman–Crippen LogP) is 2.20. The molecule has 16 heavy (non-hydrogen) atoms. The van der Waals surface area contributed by atoms with Gasteiger partial charge in [0.1, 0.15) is 0 Å². The zero-order valence-electron chi connectivity index (χ0n) is 9.31. The fraction of sp³-hybridized carbons (Fsp3) is 0.417. The fourth-order valence-corrected chi connectivity index (χ4v) is 3.13. The third-order valence-electron chi connectivity index (χ3n) is 3.13. The van der Waals surface area contributed by atoms with Gasteiger partial charge in [0.15, 0.2) is 0 Å². The highest BCUT2D eigenvalue weighted by Crippen LogP contribution is 2.30. The Labute approximate surface area is 99.1 Å². The molecular formula is C12H15N3S. The first-order valence-corrected chi connectivity index (χ1v) is 6.58. The van der Waals surface area contributed by atoms with Crippen molar-refractivity contribution in [1.29, 1.82) is 0 Å². The largest absolute Gasteiger partial charge is 0.334 e. The van der Waals surface area contributed by atoms with Crippen LogP contribution in [0.15, 0.2) is 23.8 Å². The van der Waals surface area contributed by atoms with Crippen LogP contribution in [-0.2, 0) is 13.0 Å². The molecule has 0 saturated carbocycles. The molecule has 0 fully saturated rings. The minimum atomic E-state index is 0.302. The van der Waals surface area contributed by atoms with Gasteiger partial charge in [0.25, 0.3) is 0 Å². The van der Waals surface area contributed by atoms with Crippen molar-refractivity contribution in [3.8, 4) is 0 Å². The molecule has 0 spiro atoms. The van der Waals surface area contributed by atoms with E-state index in [1.54, 1.807) is 11.3 Å². The highest BCUT2D eigenvalue weighted by molar-refractivity contribution is 7.10. The van der Waals surface area contributed by atoms with Crippen LogP contribution in [0.25, 0.3) is 0 Å². The second kappa shape index (κ2) is 4.03. The first-order chi connectivity index (χ1) is 7.90. The van der Waals surface area contributed by atoms with Gasteiger partial charge >= 0.3 is 0 Å². The standard InChI is InChI=1S/C12H15N3S/c1-2-15-8-14-11-9(15)5-6-13-12(11)10-4-3-7-16-10/h3-4,7-8,12-13H,2,5-6H2,1H3. The van der Waals surface area contributed by atoms with E-state index in [4.69, 9.17) is 0 Å². The van der Waals surface area contributed by atoms with Crippen LogP contribution in [0.1, 0.15) is 29.2 Å². The van der Waals surface area contributed by atoms with Gasteiger partial charge < -0.3 is 9.88 Å². The van der Waals surface area contributed by atoms with Crippen molar-refractivity contribution in [2.45, 2.75) is 25.9 Å². The van der Waals surface area contributed by atoms with Gasteiger partial charge in [-0.25, -0.2) is 4.98 Å². The molecule has 84 valence electrons. The third-order valence-corrected chi connectivity index (χ3v) is 4.07. The molecule has 3 heterocycles. The molecule has 0 saturated heterocycles. The molecule has 1 atom stereocenters. The molecule has 0 amide bonds. The van der Waals surface area contributed by atoms with Gasteiger partial charge in [0.2, 0.25) is 0 Å². The molecule has 2 aromatic heterocycles. The maximum absolute atomic E-state index is 4.57. The summed E-state index contributed by atoms with van der Waals surface area (Å²) in [7, 11) is 0. The van der Waals surface area contributed by atoms with E-state index in [2.05, 4.69) is 39.3 Å². The Morgan fingerprint density at radius 3 is 3.31 bits per heavy atom. The second-order valence-corrected chi connectivity index (χ2v) is 4.99. The number of fused-ring (bicyclic) bond motifs is 1. The normalized spacial score (nSPS) is 19.7. The van der Waals surface area contributed by atoms with Gasteiger partial charge in [-0.05, 0) is 18.4 Å². The molecule has 0 aromatic carbocycles. The summed E-state index contributed by atoms with van der Waals surface area (Å²) >= 11 is 1.80. The van der Waals surface area contributed by atoms with Crippen LogP contribution in [0.3, 0.4) is 0 Å². The molecule has 0 aliphatic carbocycles. The van der Waals surface area contributed by atoms with E-state index in [9.17, 15) is 0 Å². The van der Waals surface area contributed by atoms with Crippen molar-refractivity contribution in [2.75, 3.05) is 6.54 Å². The van der Waals surface area contributed by atoms with Gasteiger partial charge in [-0.2, -0.15) is 0 Å². The van der Waals surface area contributed by atoms with Crippen LogP contribution >= 0.6 is 11.3 Å². The van der Waals surface area contributed by atoms with Crippen LogP contribution in [0, 0.1) is 0 Å². The number of nitrogens with zero attached hydrogens (tertiary/aromatic N) is 2. The lowest BCUT2D eigenvalue weighted by atomic mass is 10.0. The highest BCUT2D eigenvalue weighted by Gasteiger charge is 2.25. The first-order valence-electron chi connectivity index (χ1n) is 5.71. The van der Waals surface area contributed by atoms with Crippen molar-refractivity contribution in [3.05, 3.63) is 40.1 Å². The Kier molecular flexibility index (Phi) is 2.53. The number of imidazole rings is 1. The zero-order chi connectivity index (χ0) is 11.0. The van der Waals surface area contributed by atoms with Crippen LogP contribution in [0.2, 0.25) is 0 Å². The molecule has 1 aliphatic heterocycles. The average molecular weight is 233 g/mol. The summed E-state index contributed by atoms with van der Waals surface area (Å²) in [5.41, 5.74) is 2.62. The minimum absolute atomic E-state index is 0.302. The van der Waals surface area contributed by atoms with Crippen LogP contribution in [-0.4, -0.2) is 16.1 Å². The van der Waals surface area contributed by atoms with E-state index in [0.29, 0.717) is 6.04 Å². The van der Waals surface area contributed by atoms with Crippen molar-refractivity contribution in [3.63, 3.8) is 0 Å². The monoisotopic (exact) mass is 233 g/mol.